The maximum absolute atomic E-state index is 4.51. The summed E-state index contributed by atoms with van der Waals surface area (Å²) in [4.78, 5) is 4.51. The normalized spacial score (nSPS) is 11.0. The molecule has 0 saturated heterocycles. The predicted molar refractivity (Wildman–Crippen MR) is 108 cm³/mol. The first-order valence-corrected chi connectivity index (χ1v) is 9.32. The van der Waals surface area contributed by atoms with E-state index in [0.29, 0.717) is 0 Å². The summed E-state index contributed by atoms with van der Waals surface area (Å²) >= 11 is 0. The Morgan fingerprint density at radius 3 is 2.20 bits per heavy atom. The zero-order valence-electron chi connectivity index (χ0n) is 15.5. The van der Waals surface area contributed by atoms with Gasteiger partial charge >= 0.3 is 0 Å². The van der Waals surface area contributed by atoms with E-state index in [0.717, 1.165) is 11.6 Å². The fourth-order valence-corrected chi connectivity index (χ4v) is 3.34. The maximum atomic E-state index is 4.51. The fourth-order valence-electron chi connectivity index (χ4n) is 3.34. The molecular formula is C24H27N. The fraction of sp³-hybridized carbons (Fsp3) is 0.292. The number of hydrogen-bond acceptors (Lipinski definition) is 1. The largest absolute Gasteiger partial charge is 0.256 e. The summed E-state index contributed by atoms with van der Waals surface area (Å²) < 4.78 is 0. The van der Waals surface area contributed by atoms with Gasteiger partial charge in [0.05, 0.1) is 5.69 Å². The lowest BCUT2D eigenvalue weighted by Crippen LogP contribution is -2.01. The minimum Gasteiger partial charge on any atom is -0.256 e. The van der Waals surface area contributed by atoms with Crippen molar-refractivity contribution in [2.24, 2.45) is 5.92 Å². The zero-order valence-corrected chi connectivity index (χ0v) is 15.5. The molecule has 1 nitrogen and oxygen atoms in total. The highest BCUT2D eigenvalue weighted by molar-refractivity contribution is 5.73. The van der Waals surface area contributed by atoms with Crippen LogP contribution in [0.4, 0.5) is 0 Å². The topological polar surface area (TPSA) is 12.9 Å². The molecule has 0 aliphatic rings. The van der Waals surface area contributed by atoms with Crippen LogP contribution in [-0.4, -0.2) is 4.98 Å². The molecule has 0 amide bonds. The molecule has 1 heteroatoms. The van der Waals surface area contributed by atoms with E-state index in [4.69, 9.17) is 0 Å². The quantitative estimate of drug-likeness (QED) is 0.490. The van der Waals surface area contributed by atoms with Gasteiger partial charge in [0.2, 0.25) is 0 Å². The van der Waals surface area contributed by atoms with Crippen molar-refractivity contribution >= 4 is 0 Å². The molecule has 0 bridgehead atoms. The summed E-state index contributed by atoms with van der Waals surface area (Å²) in [6, 6.07) is 21.8. The highest BCUT2D eigenvalue weighted by Gasteiger charge is 2.08. The molecule has 0 fully saturated rings. The van der Waals surface area contributed by atoms with E-state index in [9.17, 15) is 0 Å². The highest BCUT2D eigenvalue weighted by Crippen LogP contribution is 2.28. The Bertz CT molecular complexity index is 799. The Morgan fingerprint density at radius 1 is 0.840 bits per heavy atom. The molecule has 2 aromatic carbocycles. The predicted octanol–water partition coefficient (Wildman–Crippen LogP) is 6.70. The van der Waals surface area contributed by atoms with Crippen molar-refractivity contribution in [2.75, 3.05) is 0 Å². The number of rotatable bonds is 6. The number of aromatic nitrogens is 1. The monoisotopic (exact) mass is 329 g/mol. The molecule has 128 valence electrons. The summed E-state index contributed by atoms with van der Waals surface area (Å²) in [6.07, 6.45) is 5.54. The second-order valence-electron chi connectivity index (χ2n) is 6.83. The van der Waals surface area contributed by atoms with Crippen molar-refractivity contribution in [3.05, 3.63) is 78.0 Å². The molecule has 0 aliphatic carbocycles. The second kappa shape index (κ2) is 8.11. The highest BCUT2D eigenvalue weighted by atomic mass is 14.7. The lowest BCUT2D eigenvalue weighted by Gasteiger charge is -2.13. The van der Waals surface area contributed by atoms with Crippen LogP contribution in [-0.2, 0) is 6.42 Å². The average Bonchev–Trinajstić information content (AvgIpc) is 2.68. The summed E-state index contributed by atoms with van der Waals surface area (Å²) in [6.45, 7) is 6.72. The second-order valence-corrected chi connectivity index (χ2v) is 6.83. The summed E-state index contributed by atoms with van der Waals surface area (Å²) in [5.41, 5.74) is 7.46. The van der Waals surface area contributed by atoms with Crippen molar-refractivity contribution in [3.8, 4) is 22.4 Å². The van der Waals surface area contributed by atoms with Gasteiger partial charge < -0.3 is 0 Å². The van der Waals surface area contributed by atoms with Crippen LogP contribution >= 0.6 is 0 Å². The molecule has 0 atom stereocenters. The molecule has 1 heterocycles. The lowest BCUT2D eigenvalue weighted by molar-refractivity contribution is 0.490. The minimum atomic E-state index is 0.793. The van der Waals surface area contributed by atoms with Crippen molar-refractivity contribution in [3.63, 3.8) is 0 Å². The first kappa shape index (κ1) is 17.4. The van der Waals surface area contributed by atoms with Gasteiger partial charge in [-0.25, -0.2) is 0 Å². The van der Waals surface area contributed by atoms with Gasteiger partial charge in [-0.2, -0.15) is 0 Å². The van der Waals surface area contributed by atoms with E-state index in [1.54, 1.807) is 0 Å². The van der Waals surface area contributed by atoms with E-state index in [2.05, 4.69) is 74.3 Å². The molecule has 0 saturated carbocycles. The average molecular weight is 329 g/mol. The van der Waals surface area contributed by atoms with E-state index in [1.165, 1.54) is 47.1 Å². The van der Waals surface area contributed by atoms with Crippen LogP contribution < -0.4 is 0 Å². The molecule has 25 heavy (non-hydrogen) atoms. The smallest absolute Gasteiger partial charge is 0.0704 e. The van der Waals surface area contributed by atoms with Crippen molar-refractivity contribution in [2.45, 2.75) is 40.0 Å². The number of aryl methyl sites for hydroxylation is 1. The Kier molecular flexibility index (Phi) is 5.65. The van der Waals surface area contributed by atoms with Crippen LogP contribution in [0.15, 0.2) is 66.9 Å². The number of hydrogen-bond donors (Lipinski definition) is 0. The Hall–Kier alpha value is -2.41. The number of benzene rings is 2. The van der Waals surface area contributed by atoms with Crippen LogP contribution in [0, 0.1) is 12.8 Å². The number of pyridine rings is 1. The van der Waals surface area contributed by atoms with E-state index < -0.39 is 0 Å². The van der Waals surface area contributed by atoms with Crippen molar-refractivity contribution < 1.29 is 0 Å². The van der Waals surface area contributed by atoms with Gasteiger partial charge in [-0.3, -0.25) is 4.98 Å². The minimum absolute atomic E-state index is 0.793. The lowest BCUT2D eigenvalue weighted by atomic mass is 9.93. The summed E-state index contributed by atoms with van der Waals surface area (Å²) in [7, 11) is 0. The van der Waals surface area contributed by atoms with Gasteiger partial charge in [0, 0.05) is 11.8 Å². The van der Waals surface area contributed by atoms with Crippen LogP contribution in [0.1, 0.15) is 37.8 Å². The van der Waals surface area contributed by atoms with Gasteiger partial charge in [-0.05, 0) is 59.7 Å². The Morgan fingerprint density at radius 2 is 1.56 bits per heavy atom. The molecule has 0 aliphatic heterocycles. The molecule has 3 aromatic rings. The van der Waals surface area contributed by atoms with Gasteiger partial charge in [0.15, 0.2) is 0 Å². The maximum Gasteiger partial charge on any atom is 0.0704 e. The van der Waals surface area contributed by atoms with Crippen LogP contribution in [0.3, 0.4) is 0 Å². The molecule has 0 unspecified atom stereocenters. The molecule has 0 spiro atoms. The molecule has 0 N–H and O–H groups in total. The number of nitrogens with zero attached hydrogens (tertiary/aromatic N) is 1. The van der Waals surface area contributed by atoms with Crippen LogP contribution in [0.5, 0.6) is 0 Å². The molecule has 3 rings (SSSR count). The SMILES string of the molecule is CCC(CC)Cc1ccc(-c2ccc(C)c(-c3ccccn3)c2)cc1. The van der Waals surface area contributed by atoms with Gasteiger partial charge in [0.25, 0.3) is 0 Å². The van der Waals surface area contributed by atoms with E-state index >= 15 is 0 Å². The van der Waals surface area contributed by atoms with E-state index in [-0.39, 0.29) is 0 Å². The van der Waals surface area contributed by atoms with Gasteiger partial charge in [-0.15, -0.1) is 0 Å². The molecule has 1 aromatic heterocycles. The van der Waals surface area contributed by atoms with E-state index in [1.807, 2.05) is 18.3 Å². The standard InChI is InChI=1S/C24H27N/c1-4-19(5-2)16-20-10-13-21(14-11-20)22-12-9-18(3)23(17-22)24-8-6-7-15-25-24/h6-15,17,19H,4-5,16H2,1-3H3. The zero-order chi connectivity index (χ0) is 17.6. The summed E-state index contributed by atoms with van der Waals surface area (Å²) in [5.74, 6) is 0.793. The third-order valence-electron chi connectivity index (χ3n) is 5.14. The summed E-state index contributed by atoms with van der Waals surface area (Å²) in [5, 5.41) is 0. The van der Waals surface area contributed by atoms with Crippen molar-refractivity contribution in [1.29, 1.82) is 0 Å². The van der Waals surface area contributed by atoms with Crippen LogP contribution in [0.25, 0.3) is 22.4 Å². The Balaban J connectivity index is 1.87. The third kappa shape index (κ3) is 4.17. The first-order valence-electron chi connectivity index (χ1n) is 9.32. The third-order valence-corrected chi connectivity index (χ3v) is 5.14. The molecule has 0 radical (unpaired) electrons. The van der Waals surface area contributed by atoms with Crippen molar-refractivity contribution in [1.82, 2.24) is 4.98 Å². The van der Waals surface area contributed by atoms with Gasteiger partial charge in [-0.1, -0.05) is 69.2 Å². The van der Waals surface area contributed by atoms with Gasteiger partial charge in [0.1, 0.15) is 0 Å². The first-order chi connectivity index (χ1) is 12.2. The Labute approximate surface area is 151 Å². The van der Waals surface area contributed by atoms with Crippen LogP contribution in [0.2, 0.25) is 0 Å². The molecular weight excluding hydrogens is 302 g/mol.